The van der Waals surface area contributed by atoms with Crippen molar-refractivity contribution in [1.29, 1.82) is 0 Å². The zero-order valence-corrected chi connectivity index (χ0v) is 10.8. The van der Waals surface area contributed by atoms with Crippen molar-refractivity contribution in [2.24, 2.45) is 0 Å². The second-order valence-electron chi connectivity index (χ2n) is 4.36. The van der Waals surface area contributed by atoms with E-state index in [1.54, 1.807) is 0 Å². The molecule has 94 valence electrons. The molecule has 18 heavy (non-hydrogen) atoms. The van der Waals surface area contributed by atoms with Crippen LogP contribution in [0.4, 0.5) is 5.69 Å². The van der Waals surface area contributed by atoms with Crippen LogP contribution in [0.25, 0.3) is 5.69 Å². The molecule has 1 aliphatic rings. The molecule has 1 fully saturated rings. The van der Waals surface area contributed by atoms with E-state index < -0.39 is 0 Å². The summed E-state index contributed by atoms with van der Waals surface area (Å²) in [6.07, 6.45) is 3.96. The lowest BCUT2D eigenvalue weighted by Gasteiger charge is -2.27. The Morgan fingerprint density at radius 3 is 2.78 bits per heavy atom. The van der Waals surface area contributed by atoms with Crippen LogP contribution >= 0.6 is 11.6 Å². The summed E-state index contributed by atoms with van der Waals surface area (Å²) in [7, 11) is 0. The van der Waals surface area contributed by atoms with Crippen LogP contribution in [0.2, 0.25) is 5.02 Å². The van der Waals surface area contributed by atoms with Crippen LogP contribution in [0.15, 0.2) is 36.7 Å². The topological polar surface area (TPSA) is 33.1 Å². The fourth-order valence-corrected chi connectivity index (χ4v) is 2.34. The Morgan fingerprint density at radius 2 is 2.00 bits per heavy atom. The number of nitrogens with one attached hydrogen (secondary N) is 1. The van der Waals surface area contributed by atoms with Crippen molar-refractivity contribution >= 4 is 17.3 Å². The predicted octanol–water partition coefficient (Wildman–Crippen LogP) is 1.94. The molecule has 1 aromatic carbocycles. The highest BCUT2D eigenvalue weighted by molar-refractivity contribution is 6.30. The van der Waals surface area contributed by atoms with Gasteiger partial charge >= 0.3 is 0 Å². The molecule has 2 heterocycles. The molecular weight excluding hydrogens is 248 g/mol. The lowest BCUT2D eigenvalue weighted by atomic mass is 10.3. The Kier molecular flexibility index (Phi) is 3.21. The van der Waals surface area contributed by atoms with Crippen LogP contribution in [-0.4, -0.2) is 36.0 Å². The maximum absolute atomic E-state index is 5.99. The first-order valence-electron chi connectivity index (χ1n) is 6.09. The molecule has 0 amide bonds. The molecule has 1 aliphatic heterocycles. The van der Waals surface area contributed by atoms with Crippen molar-refractivity contribution < 1.29 is 0 Å². The van der Waals surface area contributed by atoms with E-state index in [4.69, 9.17) is 11.6 Å². The average molecular weight is 263 g/mol. The van der Waals surface area contributed by atoms with Gasteiger partial charge in [0.05, 0.1) is 23.8 Å². The highest BCUT2D eigenvalue weighted by Gasteiger charge is 2.12. The second kappa shape index (κ2) is 5.00. The molecule has 1 N–H and O–H groups in total. The monoisotopic (exact) mass is 262 g/mol. The SMILES string of the molecule is Clc1cccc(-n2cc(N3CCNCC3)cn2)c1. The smallest absolute Gasteiger partial charge is 0.0758 e. The van der Waals surface area contributed by atoms with Crippen LogP contribution in [0.3, 0.4) is 0 Å². The number of anilines is 1. The van der Waals surface area contributed by atoms with E-state index in [9.17, 15) is 0 Å². The van der Waals surface area contributed by atoms with Gasteiger partial charge in [-0.15, -0.1) is 0 Å². The number of rotatable bonds is 2. The fraction of sp³-hybridized carbons (Fsp3) is 0.308. The van der Waals surface area contributed by atoms with Crippen LogP contribution in [0, 0.1) is 0 Å². The Hall–Kier alpha value is -1.52. The third-order valence-electron chi connectivity index (χ3n) is 3.12. The lowest BCUT2D eigenvalue weighted by Crippen LogP contribution is -2.43. The van der Waals surface area contributed by atoms with Gasteiger partial charge in [0.15, 0.2) is 0 Å². The molecule has 1 saturated heterocycles. The Bertz CT molecular complexity index is 531. The molecule has 0 spiro atoms. The van der Waals surface area contributed by atoms with Crippen LogP contribution in [0.1, 0.15) is 0 Å². The van der Waals surface area contributed by atoms with Gasteiger partial charge in [-0.1, -0.05) is 17.7 Å². The van der Waals surface area contributed by atoms with E-state index >= 15 is 0 Å². The summed E-state index contributed by atoms with van der Waals surface area (Å²) in [5.74, 6) is 0. The highest BCUT2D eigenvalue weighted by Crippen LogP contribution is 2.18. The normalized spacial score (nSPS) is 15.9. The maximum atomic E-state index is 5.99. The third-order valence-corrected chi connectivity index (χ3v) is 3.36. The zero-order valence-electron chi connectivity index (χ0n) is 10.0. The first-order valence-corrected chi connectivity index (χ1v) is 6.47. The number of hydrogen-bond acceptors (Lipinski definition) is 3. The van der Waals surface area contributed by atoms with Gasteiger partial charge in [0.2, 0.25) is 0 Å². The first kappa shape index (κ1) is 11.6. The summed E-state index contributed by atoms with van der Waals surface area (Å²) in [6.45, 7) is 4.12. The van der Waals surface area contributed by atoms with Crippen molar-refractivity contribution in [3.63, 3.8) is 0 Å². The zero-order chi connectivity index (χ0) is 12.4. The van der Waals surface area contributed by atoms with Crippen molar-refractivity contribution in [1.82, 2.24) is 15.1 Å². The molecule has 0 unspecified atom stereocenters. The standard InChI is InChI=1S/C13H15ClN4/c14-11-2-1-3-12(8-11)18-10-13(9-16-18)17-6-4-15-5-7-17/h1-3,8-10,15H,4-7H2. The molecule has 0 radical (unpaired) electrons. The van der Waals surface area contributed by atoms with Gasteiger partial charge in [-0.3, -0.25) is 0 Å². The quantitative estimate of drug-likeness (QED) is 0.898. The van der Waals surface area contributed by atoms with Crippen LogP contribution < -0.4 is 10.2 Å². The van der Waals surface area contributed by atoms with Gasteiger partial charge in [-0.05, 0) is 18.2 Å². The van der Waals surface area contributed by atoms with Crippen molar-refractivity contribution in [2.45, 2.75) is 0 Å². The summed E-state index contributed by atoms with van der Waals surface area (Å²) in [4.78, 5) is 2.34. The molecule has 0 saturated carbocycles. The van der Waals surface area contributed by atoms with Gasteiger partial charge in [0.1, 0.15) is 0 Å². The van der Waals surface area contributed by atoms with Gasteiger partial charge < -0.3 is 10.2 Å². The Balaban J connectivity index is 1.84. The summed E-state index contributed by atoms with van der Waals surface area (Å²) < 4.78 is 1.86. The summed E-state index contributed by atoms with van der Waals surface area (Å²) in [6, 6.07) is 7.71. The van der Waals surface area contributed by atoms with E-state index in [1.807, 2.05) is 35.1 Å². The molecule has 0 bridgehead atoms. The van der Waals surface area contributed by atoms with Crippen LogP contribution in [-0.2, 0) is 0 Å². The molecule has 2 aromatic rings. The summed E-state index contributed by atoms with van der Waals surface area (Å²) in [5.41, 5.74) is 2.15. The molecule has 3 rings (SSSR count). The number of piperazine rings is 1. The van der Waals surface area contributed by atoms with Gasteiger partial charge in [-0.25, -0.2) is 4.68 Å². The number of hydrogen-bond donors (Lipinski definition) is 1. The molecular formula is C13H15ClN4. The number of nitrogens with zero attached hydrogens (tertiary/aromatic N) is 3. The van der Waals surface area contributed by atoms with E-state index in [0.29, 0.717) is 0 Å². The fourth-order valence-electron chi connectivity index (χ4n) is 2.16. The minimum Gasteiger partial charge on any atom is -0.366 e. The maximum Gasteiger partial charge on any atom is 0.0758 e. The molecule has 4 nitrogen and oxygen atoms in total. The van der Waals surface area contributed by atoms with Crippen molar-refractivity contribution in [3.8, 4) is 5.69 Å². The van der Waals surface area contributed by atoms with Gasteiger partial charge in [-0.2, -0.15) is 5.10 Å². The Labute approximate surface area is 111 Å². The van der Waals surface area contributed by atoms with Gasteiger partial charge in [0, 0.05) is 31.2 Å². The lowest BCUT2D eigenvalue weighted by molar-refractivity contribution is 0.589. The van der Waals surface area contributed by atoms with Gasteiger partial charge in [0.25, 0.3) is 0 Å². The van der Waals surface area contributed by atoms with E-state index in [2.05, 4.69) is 21.5 Å². The minimum atomic E-state index is 0.728. The first-order chi connectivity index (χ1) is 8.83. The third kappa shape index (κ3) is 2.35. The van der Waals surface area contributed by atoms with E-state index in [-0.39, 0.29) is 0 Å². The number of halogens is 1. The van der Waals surface area contributed by atoms with Crippen molar-refractivity contribution in [3.05, 3.63) is 41.7 Å². The largest absolute Gasteiger partial charge is 0.366 e. The van der Waals surface area contributed by atoms with Crippen molar-refractivity contribution in [2.75, 3.05) is 31.1 Å². The Morgan fingerprint density at radius 1 is 1.17 bits per heavy atom. The minimum absolute atomic E-state index is 0.728. The average Bonchev–Trinajstić information content (AvgIpc) is 2.89. The van der Waals surface area contributed by atoms with E-state index in [1.165, 1.54) is 0 Å². The predicted molar refractivity (Wildman–Crippen MR) is 73.7 cm³/mol. The number of benzene rings is 1. The molecule has 1 aromatic heterocycles. The molecule has 0 atom stereocenters. The van der Waals surface area contributed by atoms with Crippen LogP contribution in [0.5, 0.6) is 0 Å². The summed E-state index contributed by atoms with van der Waals surface area (Å²) >= 11 is 5.99. The number of aromatic nitrogens is 2. The molecule has 0 aliphatic carbocycles. The molecule has 5 heteroatoms. The second-order valence-corrected chi connectivity index (χ2v) is 4.80. The summed E-state index contributed by atoms with van der Waals surface area (Å²) in [5, 5.41) is 8.47. The van der Waals surface area contributed by atoms with E-state index in [0.717, 1.165) is 42.6 Å². The highest BCUT2D eigenvalue weighted by atomic mass is 35.5.